The standard InChI is InChI=1S/C18H18ClN7OS2/c1-11-7-12(2)26(24-11)17-22-23-18(25(17)20)29-10-14-9-28-16(21-14)8-27-15-5-3-13(19)4-6-15/h3-7,9H,8,10,20H2,1-2H3. The number of nitrogens with two attached hydrogens (primary N) is 1. The van der Waals surface area contributed by atoms with Crippen molar-refractivity contribution in [3.63, 3.8) is 0 Å². The van der Waals surface area contributed by atoms with Gasteiger partial charge in [0.05, 0.1) is 11.4 Å². The van der Waals surface area contributed by atoms with E-state index in [1.807, 2.05) is 37.4 Å². The lowest BCUT2D eigenvalue weighted by Crippen LogP contribution is -2.17. The second-order valence-corrected chi connectivity index (χ2v) is 8.58. The number of benzene rings is 1. The van der Waals surface area contributed by atoms with Crippen LogP contribution in [-0.2, 0) is 12.4 Å². The summed E-state index contributed by atoms with van der Waals surface area (Å²) in [4.78, 5) is 4.60. The van der Waals surface area contributed by atoms with E-state index < -0.39 is 0 Å². The number of nitrogens with zero attached hydrogens (tertiary/aromatic N) is 6. The van der Waals surface area contributed by atoms with Crippen molar-refractivity contribution in [1.29, 1.82) is 0 Å². The van der Waals surface area contributed by atoms with Crippen LogP contribution in [-0.4, -0.2) is 29.6 Å². The van der Waals surface area contributed by atoms with Crippen molar-refractivity contribution in [2.24, 2.45) is 0 Å². The molecule has 2 N–H and O–H groups in total. The summed E-state index contributed by atoms with van der Waals surface area (Å²) in [6.07, 6.45) is 0. The topological polar surface area (TPSA) is 96.7 Å². The summed E-state index contributed by atoms with van der Waals surface area (Å²) < 4.78 is 8.86. The maximum atomic E-state index is 6.17. The predicted molar refractivity (Wildman–Crippen MR) is 114 cm³/mol. The molecule has 11 heteroatoms. The van der Waals surface area contributed by atoms with Gasteiger partial charge in [-0.15, -0.1) is 21.5 Å². The highest BCUT2D eigenvalue weighted by atomic mass is 35.5. The first kappa shape index (κ1) is 19.7. The highest BCUT2D eigenvalue weighted by molar-refractivity contribution is 7.98. The average Bonchev–Trinajstić information content (AvgIpc) is 3.39. The minimum absolute atomic E-state index is 0.409. The molecule has 8 nitrogen and oxygen atoms in total. The molecule has 4 aromatic rings. The summed E-state index contributed by atoms with van der Waals surface area (Å²) in [6.45, 7) is 4.28. The molecule has 3 heterocycles. The Morgan fingerprint density at radius 1 is 1.21 bits per heavy atom. The molecule has 4 rings (SSSR count). The molecule has 150 valence electrons. The van der Waals surface area contributed by atoms with Gasteiger partial charge in [0, 0.05) is 21.8 Å². The molecule has 0 spiro atoms. The Labute approximate surface area is 180 Å². The van der Waals surface area contributed by atoms with Gasteiger partial charge in [-0.1, -0.05) is 23.4 Å². The number of aromatic nitrogens is 6. The van der Waals surface area contributed by atoms with Crippen LogP contribution in [0, 0.1) is 13.8 Å². The van der Waals surface area contributed by atoms with E-state index in [1.54, 1.807) is 28.2 Å². The quantitative estimate of drug-likeness (QED) is 0.340. The Morgan fingerprint density at radius 3 is 2.72 bits per heavy atom. The number of hydrogen-bond acceptors (Lipinski definition) is 8. The number of rotatable bonds is 7. The van der Waals surface area contributed by atoms with E-state index in [0.717, 1.165) is 27.8 Å². The molecule has 0 aliphatic carbocycles. The first-order valence-electron chi connectivity index (χ1n) is 8.68. The zero-order valence-electron chi connectivity index (χ0n) is 15.7. The number of ether oxygens (including phenoxy) is 1. The van der Waals surface area contributed by atoms with E-state index in [-0.39, 0.29) is 0 Å². The van der Waals surface area contributed by atoms with Crippen LogP contribution >= 0.6 is 34.7 Å². The molecule has 0 atom stereocenters. The maximum absolute atomic E-state index is 6.17. The van der Waals surface area contributed by atoms with Crippen molar-refractivity contribution in [3.8, 4) is 11.7 Å². The third kappa shape index (κ3) is 4.55. The van der Waals surface area contributed by atoms with E-state index in [9.17, 15) is 0 Å². The molecule has 0 bridgehead atoms. The number of thioether (sulfide) groups is 1. The van der Waals surface area contributed by atoms with Gasteiger partial charge in [0.1, 0.15) is 17.4 Å². The highest BCUT2D eigenvalue weighted by Crippen LogP contribution is 2.24. The van der Waals surface area contributed by atoms with E-state index in [4.69, 9.17) is 22.2 Å². The molecule has 0 unspecified atom stereocenters. The minimum Gasteiger partial charge on any atom is -0.486 e. The van der Waals surface area contributed by atoms with Crippen LogP contribution in [0.2, 0.25) is 5.02 Å². The SMILES string of the molecule is Cc1cc(C)n(-c2nnc(SCc3csc(COc4ccc(Cl)cc4)n3)n2N)n1. The smallest absolute Gasteiger partial charge is 0.271 e. The summed E-state index contributed by atoms with van der Waals surface area (Å²) in [5.74, 6) is 8.04. The molecule has 0 aliphatic heterocycles. The van der Waals surface area contributed by atoms with Crippen LogP contribution in [0.25, 0.3) is 5.95 Å². The van der Waals surface area contributed by atoms with Crippen molar-refractivity contribution >= 4 is 34.7 Å². The predicted octanol–water partition coefficient (Wildman–Crippen LogP) is 3.78. The molecule has 0 aliphatic rings. The van der Waals surface area contributed by atoms with Gasteiger partial charge in [-0.05, 0) is 44.2 Å². The van der Waals surface area contributed by atoms with Gasteiger partial charge in [0.2, 0.25) is 5.16 Å². The van der Waals surface area contributed by atoms with Gasteiger partial charge in [-0.25, -0.2) is 14.3 Å². The summed E-state index contributed by atoms with van der Waals surface area (Å²) in [5, 5.41) is 16.9. The molecule has 0 fully saturated rings. The first-order chi connectivity index (χ1) is 14.0. The van der Waals surface area contributed by atoms with Gasteiger partial charge < -0.3 is 10.6 Å². The van der Waals surface area contributed by atoms with Crippen LogP contribution in [0.3, 0.4) is 0 Å². The molecular formula is C18H18ClN7OS2. The Morgan fingerprint density at radius 2 is 2.00 bits per heavy atom. The molecule has 1 aromatic carbocycles. The van der Waals surface area contributed by atoms with E-state index in [0.29, 0.717) is 28.5 Å². The molecule has 0 saturated heterocycles. The zero-order chi connectivity index (χ0) is 20.4. The van der Waals surface area contributed by atoms with Crippen molar-refractivity contribution in [1.82, 2.24) is 29.6 Å². The van der Waals surface area contributed by atoms with Gasteiger partial charge >= 0.3 is 0 Å². The largest absolute Gasteiger partial charge is 0.486 e. The maximum Gasteiger partial charge on any atom is 0.271 e. The number of nitrogen functional groups attached to an aromatic ring is 1. The van der Waals surface area contributed by atoms with Crippen LogP contribution in [0.1, 0.15) is 22.1 Å². The number of hydrogen-bond donors (Lipinski definition) is 1. The van der Waals surface area contributed by atoms with Crippen LogP contribution < -0.4 is 10.6 Å². The number of aryl methyl sites for hydroxylation is 2. The summed E-state index contributed by atoms with van der Waals surface area (Å²) in [5.41, 5.74) is 2.78. The van der Waals surface area contributed by atoms with Gasteiger partial charge in [0.25, 0.3) is 5.95 Å². The van der Waals surface area contributed by atoms with Crippen LogP contribution in [0.15, 0.2) is 40.9 Å². The molecule has 0 saturated carbocycles. The lowest BCUT2D eigenvalue weighted by atomic mass is 10.3. The monoisotopic (exact) mass is 447 g/mol. The molecule has 0 amide bonds. The highest BCUT2D eigenvalue weighted by Gasteiger charge is 2.15. The summed E-state index contributed by atoms with van der Waals surface area (Å²) in [7, 11) is 0. The van der Waals surface area contributed by atoms with Crippen LogP contribution in [0.5, 0.6) is 5.75 Å². The average molecular weight is 448 g/mol. The molecule has 0 radical (unpaired) electrons. The van der Waals surface area contributed by atoms with Crippen molar-refractivity contribution in [3.05, 3.63) is 62.8 Å². The van der Waals surface area contributed by atoms with E-state index in [1.165, 1.54) is 16.4 Å². The van der Waals surface area contributed by atoms with Crippen molar-refractivity contribution in [2.45, 2.75) is 31.4 Å². The van der Waals surface area contributed by atoms with E-state index >= 15 is 0 Å². The third-order valence-corrected chi connectivity index (χ3v) is 6.07. The number of halogens is 1. The summed E-state index contributed by atoms with van der Waals surface area (Å²) in [6, 6.07) is 9.22. The Bertz CT molecular complexity index is 1120. The third-order valence-electron chi connectivity index (χ3n) is 3.97. The summed E-state index contributed by atoms with van der Waals surface area (Å²) >= 11 is 8.90. The second-order valence-electron chi connectivity index (χ2n) is 6.26. The van der Waals surface area contributed by atoms with Crippen molar-refractivity contribution in [2.75, 3.05) is 5.84 Å². The fourth-order valence-corrected chi connectivity index (χ4v) is 4.32. The fourth-order valence-electron chi connectivity index (χ4n) is 2.64. The normalized spacial score (nSPS) is 11.1. The zero-order valence-corrected chi connectivity index (χ0v) is 18.1. The van der Waals surface area contributed by atoms with Gasteiger partial charge in [0.15, 0.2) is 0 Å². The second kappa shape index (κ2) is 8.44. The minimum atomic E-state index is 0.409. The van der Waals surface area contributed by atoms with Gasteiger partial charge in [-0.3, -0.25) is 0 Å². The van der Waals surface area contributed by atoms with Crippen LogP contribution in [0.4, 0.5) is 0 Å². The lowest BCUT2D eigenvalue weighted by molar-refractivity contribution is 0.305. The molecular weight excluding hydrogens is 430 g/mol. The Hall–Kier alpha value is -2.56. The lowest BCUT2D eigenvalue weighted by Gasteiger charge is -2.04. The number of thiazole rings is 1. The van der Waals surface area contributed by atoms with Gasteiger partial charge in [-0.2, -0.15) is 5.10 Å². The Kier molecular flexibility index (Phi) is 5.74. The Balaban J connectivity index is 1.36. The molecule has 29 heavy (non-hydrogen) atoms. The molecule has 3 aromatic heterocycles. The van der Waals surface area contributed by atoms with Crippen molar-refractivity contribution < 1.29 is 4.74 Å². The first-order valence-corrected chi connectivity index (χ1v) is 10.9. The van der Waals surface area contributed by atoms with E-state index in [2.05, 4.69) is 20.3 Å². The fraction of sp³-hybridized carbons (Fsp3) is 0.222.